The smallest absolute Gasteiger partial charge is 0.169 e. The van der Waals surface area contributed by atoms with Gasteiger partial charge in [-0.1, -0.05) is 36.8 Å². The zero-order chi connectivity index (χ0) is 11.7. The Balaban J connectivity index is 2.52. The Labute approximate surface area is 95.1 Å². The van der Waals surface area contributed by atoms with Crippen LogP contribution in [0.1, 0.15) is 31.0 Å². The molecule has 0 aliphatic rings. The van der Waals surface area contributed by atoms with Gasteiger partial charge >= 0.3 is 0 Å². The first-order valence-corrected chi connectivity index (χ1v) is 5.37. The minimum absolute atomic E-state index is 0.302. The number of aryl methyl sites for hydroxylation is 1. The maximum absolute atomic E-state index is 5.82. The van der Waals surface area contributed by atoms with Crippen molar-refractivity contribution < 1.29 is 0 Å². The van der Waals surface area contributed by atoms with Crippen molar-refractivity contribution in [2.24, 2.45) is 0 Å². The van der Waals surface area contributed by atoms with E-state index in [1.807, 2.05) is 12.1 Å². The fraction of sp³-hybridized carbons (Fsp3) is 0.333. The molecule has 0 aliphatic heterocycles. The van der Waals surface area contributed by atoms with Crippen LogP contribution in [0.4, 0.5) is 5.82 Å². The van der Waals surface area contributed by atoms with Crippen LogP contribution < -0.4 is 5.73 Å². The van der Waals surface area contributed by atoms with E-state index >= 15 is 0 Å². The first-order chi connectivity index (χ1) is 7.59. The lowest BCUT2D eigenvalue weighted by molar-refractivity contribution is 0.716. The van der Waals surface area contributed by atoms with Crippen molar-refractivity contribution in [3.63, 3.8) is 0 Å². The number of hydrogen-bond acceptors (Lipinski definition) is 3. The Bertz CT molecular complexity index is 482. The van der Waals surface area contributed by atoms with E-state index in [4.69, 9.17) is 5.73 Å². The SMILES string of the molecule is Cc1ccc(-n2nnc(N)c2C(C)C)cc1. The monoisotopic (exact) mass is 216 g/mol. The Morgan fingerprint density at radius 2 is 1.81 bits per heavy atom. The predicted molar refractivity (Wildman–Crippen MR) is 64.6 cm³/mol. The minimum atomic E-state index is 0.302. The van der Waals surface area contributed by atoms with Gasteiger partial charge in [-0.3, -0.25) is 0 Å². The van der Waals surface area contributed by atoms with Gasteiger partial charge < -0.3 is 5.73 Å². The van der Waals surface area contributed by atoms with Crippen molar-refractivity contribution in [3.05, 3.63) is 35.5 Å². The third-order valence-corrected chi connectivity index (χ3v) is 2.56. The van der Waals surface area contributed by atoms with Gasteiger partial charge in [-0.15, -0.1) is 5.10 Å². The maximum atomic E-state index is 5.82. The van der Waals surface area contributed by atoms with E-state index in [0.717, 1.165) is 11.4 Å². The number of anilines is 1. The van der Waals surface area contributed by atoms with Gasteiger partial charge in [-0.25, -0.2) is 4.68 Å². The highest BCUT2D eigenvalue weighted by Crippen LogP contribution is 2.22. The van der Waals surface area contributed by atoms with Crippen LogP contribution in [-0.4, -0.2) is 15.0 Å². The van der Waals surface area contributed by atoms with Crippen molar-refractivity contribution in [1.82, 2.24) is 15.0 Å². The third-order valence-electron chi connectivity index (χ3n) is 2.56. The summed E-state index contributed by atoms with van der Waals surface area (Å²) >= 11 is 0. The average molecular weight is 216 g/mol. The molecule has 2 N–H and O–H groups in total. The van der Waals surface area contributed by atoms with Crippen LogP contribution >= 0.6 is 0 Å². The standard InChI is InChI=1S/C12H16N4/c1-8(2)11-12(13)14-15-16(11)10-6-4-9(3)5-7-10/h4-8H,13H2,1-3H3. The number of nitrogens with zero attached hydrogens (tertiary/aromatic N) is 3. The summed E-state index contributed by atoms with van der Waals surface area (Å²) in [6.45, 7) is 6.22. The van der Waals surface area contributed by atoms with Crippen LogP contribution in [-0.2, 0) is 0 Å². The lowest BCUT2D eigenvalue weighted by Crippen LogP contribution is -2.05. The molecule has 0 atom stereocenters. The van der Waals surface area contributed by atoms with E-state index in [2.05, 4.69) is 43.2 Å². The summed E-state index contributed by atoms with van der Waals surface area (Å²) < 4.78 is 1.80. The lowest BCUT2D eigenvalue weighted by Gasteiger charge is -2.09. The minimum Gasteiger partial charge on any atom is -0.381 e. The fourth-order valence-electron chi connectivity index (χ4n) is 1.72. The highest BCUT2D eigenvalue weighted by atomic mass is 15.4. The van der Waals surface area contributed by atoms with Gasteiger partial charge in [-0.05, 0) is 25.0 Å². The Morgan fingerprint density at radius 1 is 1.19 bits per heavy atom. The highest BCUT2D eigenvalue weighted by Gasteiger charge is 2.14. The molecule has 1 heterocycles. The number of hydrogen-bond donors (Lipinski definition) is 1. The number of nitrogens with two attached hydrogens (primary N) is 1. The molecule has 4 heteroatoms. The predicted octanol–water partition coefficient (Wildman–Crippen LogP) is 2.28. The van der Waals surface area contributed by atoms with E-state index in [1.54, 1.807) is 4.68 Å². The molecule has 0 fully saturated rings. The normalized spacial score (nSPS) is 11.0. The number of nitrogen functional groups attached to an aromatic ring is 1. The molecule has 0 saturated heterocycles. The van der Waals surface area contributed by atoms with Crippen molar-refractivity contribution in [1.29, 1.82) is 0 Å². The Hall–Kier alpha value is -1.84. The molecule has 0 amide bonds. The molecule has 84 valence electrons. The van der Waals surface area contributed by atoms with E-state index in [9.17, 15) is 0 Å². The maximum Gasteiger partial charge on any atom is 0.169 e. The van der Waals surface area contributed by atoms with E-state index in [-0.39, 0.29) is 0 Å². The fourth-order valence-corrected chi connectivity index (χ4v) is 1.72. The van der Waals surface area contributed by atoms with Crippen LogP contribution in [0.5, 0.6) is 0 Å². The van der Waals surface area contributed by atoms with Gasteiger partial charge in [0.25, 0.3) is 0 Å². The molecule has 2 aromatic rings. The van der Waals surface area contributed by atoms with Gasteiger partial charge in [0.15, 0.2) is 5.82 Å². The van der Waals surface area contributed by atoms with Crippen molar-refractivity contribution in [2.75, 3.05) is 5.73 Å². The summed E-state index contributed by atoms with van der Waals surface area (Å²) in [5.41, 5.74) is 9.00. The van der Waals surface area contributed by atoms with Crippen LogP contribution in [0.2, 0.25) is 0 Å². The molecule has 16 heavy (non-hydrogen) atoms. The van der Waals surface area contributed by atoms with Gasteiger partial charge in [0, 0.05) is 0 Å². The molecule has 1 aromatic carbocycles. The summed E-state index contributed by atoms with van der Waals surface area (Å²) in [5, 5.41) is 8.01. The molecule has 1 aromatic heterocycles. The summed E-state index contributed by atoms with van der Waals surface area (Å²) in [5.74, 6) is 0.812. The molecule has 0 bridgehead atoms. The second-order valence-electron chi connectivity index (χ2n) is 4.26. The molecular formula is C12H16N4. The Kier molecular flexibility index (Phi) is 2.64. The highest BCUT2D eigenvalue weighted by molar-refractivity contribution is 5.43. The van der Waals surface area contributed by atoms with Gasteiger partial charge in [0.05, 0.1) is 11.4 Å². The number of benzene rings is 1. The summed E-state index contributed by atoms with van der Waals surface area (Å²) in [7, 11) is 0. The largest absolute Gasteiger partial charge is 0.381 e. The van der Waals surface area contributed by atoms with Crippen LogP contribution in [0.3, 0.4) is 0 Å². The summed E-state index contributed by atoms with van der Waals surface area (Å²) in [4.78, 5) is 0. The van der Waals surface area contributed by atoms with Gasteiger partial charge in [0.1, 0.15) is 0 Å². The topological polar surface area (TPSA) is 56.7 Å². The van der Waals surface area contributed by atoms with Crippen molar-refractivity contribution >= 4 is 5.82 Å². The van der Waals surface area contributed by atoms with Gasteiger partial charge in [-0.2, -0.15) is 0 Å². The second-order valence-corrected chi connectivity index (χ2v) is 4.26. The number of aromatic nitrogens is 3. The zero-order valence-corrected chi connectivity index (χ0v) is 9.81. The van der Waals surface area contributed by atoms with E-state index < -0.39 is 0 Å². The zero-order valence-electron chi connectivity index (χ0n) is 9.81. The Morgan fingerprint density at radius 3 is 2.38 bits per heavy atom. The molecule has 2 rings (SSSR count). The van der Waals surface area contributed by atoms with Crippen molar-refractivity contribution in [3.8, 4) is 5.69 Å². The first-order valence-electron chi connectivity index (χ1n) is 5.37. The second kappa shape index (κ2) is 3.96. The molecule has 0 unspecified atom stereocenters. The van der Waals surface area contributed by atoms with Crippen LogP contribution in [0.15, 0.2) is 24.3 Å². The molecule has 0 saturated carbocycles. The van der Waals surface area contributed by atoms with E-state index in [0.29, 0.717) is 11.7 Å². The lowest BCUT2D eigenvalue weighted by atomic mass is 10.1. The molecule has 0 aliphatic carbocycles. The van der Waals surface area contributed by atoms with Gasteiger partial charge in [0.2, 0.25) is 0 Å². The third kappa shape index (κ3) is 1.78. The first kappa shape index (κ1) is 10.7. The quantitative estimate of drug-likeness (QED) is 0.837. The van der Waals surface area contributed by atoms with Crippen molar-refractivity contribution in [2.45, 2.75) is 26.7 Å². The summed E-state index contributed by atoms with van der Waals surface area (Å²) in [6.07, 6.45) is 0. The van der Waals surface area contributed by atoms with E-state index in [1.165, 1.54) is 5.56 Å². The van der Waals surface area contributed by atoms with Crippen LogP contribution in [0.25, 0.3) is 5.69 Å². The molecular weight excluding hydrogens is 200 g/mol. The summed E-state index contributed by atoms with van der Waals surface area (Å²) in [6, 6.07) is 8.15. The molecule has 0 radical (unpaired) electrons. The average Bonchev–Trinajstić information content (AvgIpc) is 2.61. The number of rotatable bonds is 2. The molecule has 4 nitrogen and oxygen atoms in total. The van der Waals surface area contributed by atoms with Crippen LogP contribution in [0, 0.1) is 6.92 Å². The molecule has 0 spiro atoms.